The number of rotatable bonds is 6. The van der Waals surface area contributed by atoms with E-state index in [1.165, 1.54) is 15.0 Å². The molecule has 0 amide bonds. The van der Waals surface area contributed by atoms with Crippen LogP contribution in [0.5, 0.6) is 0 Å². The highest BCUT2D eigenvalue weighted by molar-refractivity contribution is 7.19. The van der Waals surface area contributed by atoms with Crippen LogP contribution in [-0.4, -0.2) is 31.5 Å². The van der Waals surface area contributed by atoms with Gasteiger partial charge in [0, 0.05) is 29.3 Å². The molecule has 3 nitrogen and oxygen atoms in total. The van der Waals surface area contributed by atoms with Gasteiger partial charge in [0.25, 0.3) is 0 Å². The maximum atomic E-state index is 9.60. The normalized spacial score (nSPS) is 14.8. The van der Waals surface area contributed by atoms with Crippen molar-refractivity contribution in [3.63, 3.8) is 0 Å². The summed E-state index contributed by atoms with van der Waals surface area (Å²) in [5, 5.41) is 14.2. The van der Waals surface area contributed by atoms with E-state index in [2.05, 4.69) is 42.6 Å². The van der Waals surface area contributed by atoms with Gasteiger partial charge in [-0.15, -0.1) is 11.3 Å². The van der Waals surface area contributed by atoms with Crippen molar-refractivity contribution < 1.29 is 9.84 Å². The maximum absolute atomic E-state index is 9.60. The molecule has 0 fully saturated rings. The molecule has 2 N–H and O–H groups in total. The van der Waals surface area contributed by atoms with E-state index in [0.29, 0.717) is 13.2 Å². The predicted molar refractivity (Wildman–Crippen MR) is 76.1 cm³/mol. The molecule has 2 atom stereocenters. The molecular formula is C14H19NO2S. The van der Waals surface area contributed by atoms with E-state index in [1.807, 2.05) is 0 Å². The van der Waals surface area contributed by atoms with Crippen LogP contribution in [0, 0.1) is 0 Å². The van der Waals surface area contributed by atoms with E-state index < -0.39 is 6.10 Å². The zero-order valence-electron chi connectivity index (χ0n) is 10.7. The van der Waals surface area contributed by atoms with Crippen molar-refractivity contribution in [3.05, 3.63) is 35.2 Å². The summed E-state index contributed by atoms with van der Waals surface area (Å²) in [6, 6.07) is 10.8. The molecule has 4 heteroatoms. The van der Waals surface area contributed by atoms with Gasteiger partial charge in [0.2, 0.25) is 0 Å². The van der Waals surface area contributed by atoms with Crippen LogP contribution in [0.2, 0.25) is 0 Å². The van der Waals surface area contributed by atoms with Crippen molar-refractivity contribution in [1.29, 1.82) is 0 Å². The number of methoxy groups -OCH3 is 1. The zero-order chi connectivity index (χ0) is 13.0. The van der Waals surface area contributed by atoms with Gasteiger partial charge in [-0.05, 0) is 24.4 Å². The fourth-order valence-corrected chi connectivity index (χ4v) is 2.97. The fraction of sp³-hybridized carbons (Fsp3) is 0.429. The quantitative estimate of drug-likeness (QED) is 0.843. The van der Waals surface area contributed by atoms with Crippen LogP contribution in [-0.2, 0) is 4.74 Å². The third-order valence-electron chi connectivity index (χ3n) is 2.89. The van der Waals surface area contributed by atoms with Gasteiger partial charge in [0.05, 0.1) is 12.7 Å². The second kappa shape index (κ2) is 6.29. The Morgan fingerprint density at radius 3 is 2.89 bits per heavy atom. The van der Waals surface area contributed by atoms with E-state index in [0.717, 1.165) is 0 Å². The monoisotopic (exact) mass is 265 g/mol. The Morgan fingerprint density at radius 1 is 1.39 bits per heavy atom. The average molecular weight is 265 g/mol. The summed E-state index contributed by atoms with van der Waals surface area (Å²) >= 11 is 1.80. The molecule has 0 radical (unpaired) electrons. The van der Waals surface area contributed by atoms with Gasteiger partial charge in [-0.1, -0.05) is 18.2 Å². The molecule has 18 heavy (non-hydrogen) atoms. The number of thiophene rings is 1. The fourth-order valence-electron chi connectivity index (χ4n) is 1.88. The highest BCUT2D eigenvalue weighted by atomic mass is 32.1. The number of fused-ring (bicyclic) bond motifs is 1. The molecular weight excluding hydrogens is 246 g/mol. The van der Waals surface area contributed by atoms with E-state index in [4.69, 9.17) is 4.74 Å². The number of aliphatic hydroxyl groups is 1. The summed E-state index contributed by atoms with van der Waals surface area (Å²) in [4.78, 5) is 1.29. The minimum absolute atomic E-state index is 0.244. The number of hydrogen-bond acceptors (Lipinski definition) is 4. The lowest BCUT2D eigenvalue weighted by molar-refractivity contribution is 0.0631. The van der Waals surface area contributed by atoms with Gasteiger partial charge in [-0.2, -0.15) is 0 Å². The van der Waals surface area contributed by atoms with Gasteiger partial charge in [0.1, 0.15) is 0 Å². The summed E-state index contributed by atoms with van der Waals surface area (Å²) in [6.45, 7) is 3.03. The first-order valence-corrected chi connectivity index (χ1v) is 6.91. The molecule has 1 heterocycles. The lowest BCUT2D eigenvalue weighted by Crippen LogP contribution is -2.31. The molecule has 98 valence electrons. The molecule has 1 aromatic carbocycles. The molecule has 0 saturated carbocycles. The number of aliphatic hydroxyl groups excluding tert-OH is 1. The van der Waals surface area contributed by atoms with Crippen molar-refractivity contribution in [2.24, 2.45) is 0 Å². The standard InChI is InChI=1S/C14H19NO2S/c1-10(15-8-12(16)9-17-2)14-7-11-5-3-4-6-13(11)18-14/h3-7,10,12,15-16H,8-9H2,1-2H3. The van der Waals surface area contributed by atoms with Gasteiger partial charge < -0.3 is 15.2 Å². The summed E-state index contributed by atoms with van der Waals surface area (Å²) in [6.07, 6.45) is -0.452. The Labute approximate surface area is 111 Å². The van der Waals surface area contributed by atoms with Crippen molar-refractivity contribution in [2.45, 2.75) is 19.1 Å². The van der Waals surface area contributed by atoms with Crippen LogP contribution in [0.1, 0.15) is 17.8 Å². The molecule has 0 saturated heterocycles. The Bertz CT molecular complexity index is 464. The molecule has 2 aromatic rings. The highest BCUT2D eigenvalue weighted by Crippen LogP contribution is 2.29. The summed E-state index contributed by atoms with van der Waals surface area (Å²) in [7, 11) is 1.60. The van der Waals surface area contributed by atoms with Crippen LogP contribution in [0.15, 0.2) is 30.3 Å². The Balaban J connectivity index is 1.98. The van der Waals surface area contributed by atoms with Crippen LogP contribution in [0.4, 0.5) is 0 Å². The molecule has 0 spiro atoms. The Morgan fingerprint density at radius 2 is 2.17 bits per heavy atom. The number of benzene rings is 1. The summed E-state index contributed by atoms with van der Waals surface area (Å²) in [5.74, 6) is 0. The van der Waals surface area contributed by atoms with E-state index >= 15 is 0 Å². The van der Waals surface area contributed by atoms with Crippen LogP contribution >= 0.6 is 11.3 Å². The van der Waals surface area contributed by atoms with Crippen molar-refractivity contribution in [1.82, 2.24) is 5.32 Å². The summed E-state index contributed by atoms with van der Waals surface area (Å²) < 4.78 is 6.21. The molecule has 0 bridgehead atoms. The first-order chi connectivity index (χ1) is 8.70. The SMILES string of the molecule is COCC(O)CNC(C)c1cc2ccccc2s1. The van der Waals surface area contributed by atoms with Crippen LogP contribution in [0.25, 0.3) is 10.1 Å². The van der Waals surface area contributed by atoms with Gasteiger partial charge in [-0.25, -0.2) is 0 Å². The second-order valence-electron chi connectivity index (χ2n) is 4.43. The van der Waals surface area contributed by atoms with Gasteiger partial charge in [0.15, 0.2) is 0 Å². The minimum atomic E-state index is -0.452. The Kier molecular flexibility index (Phi) is 4.72. The van der Waals surface area contributed by atoms with E-state index in [9.17, 15) is 5.11 Å². The third kappa shape index (κ3) is 3.29. The zero-order valence-corrected chi connectivity index (χ0v) is 11.5. The molecule has 1 aromatic heterocycles. The molecule has 0 aliphatic rings. The maximum Gasteiger partial charge on any atom is 0.0897 e. The number of ether oxygens (including phenoxy) is 1. The van der Waals surface area contributed by atoms with Crippen LogP contribution < -0.4 is 5.32 Å². The largest absolute Gasteiger partial charge is 0.389 e. The average Bonchev–Trinajstić information content (AvgIpc) is 2.80. The molecule has 0 aliphatic carbocycles. The van der Waals surface area contributed by atoms with Crippen molar-refractivity contribution in [3.8, 4) is 0 Å². The van der Waals surface area contributed by atoms with E-state index in [1.54, 1.807) is 18.4 Å². The van der Waals surface area contributed by atoms with Crippen molar-refractivity contribution in [2.75, 3.05) is 20.3 Å². The van der Waals surface area contributed by atoms with E-state index in [-0.39, 0.29) is 6.04 Å². The predicted octanol–water partition coefficient (Wildman–Crippen LogP) is 2.56. The minimum Gasteiger partial charge on any atom is -0.389 e. The lowest BCUT2D eigenvalue weighted by atomic mass is 10.2. The van der Waals surface area contributed by atoms with Gasteiger partial charge >= 0.3 is 0 Å². The number of hydrogen-bond donors (Lipinski definition) is 2. The van der Waals surface area contributed by atoms with Gasteiger partial charge in [-0.3, -0.25) is 0 Å². The third-order valence-corrected chi connectivity index (χ3v) is 4.19. The molecule has 0 aliphatic heterocycles. The first-order valence-electron chi connectivity index (χ1n) is 6.09. The number of nitrogens with one attached hydrogen (secondary N) is 1. The topological polar surface area (TPSA) is 41.5 Å². The summed E-state index contributed by atoms with van der Waals surface area (Å²) in [5.41, 5.74) is 0. The second-order valence-corrected chi connectivity index (χ2v) is 5.54. The lowest BCUT2D eigenvalue weighted by Gasteiger charge is -2.15. The first kappa shape index (κ1) is 13.5. The molecule has 2 unspecified atom stereocenters. The highest BCUT2D eigenvalue weighted by Gasteiger charge is 2.11. The Hall–Kier alpha value is -0.940. The molecule has 2 rings (SSSR count). The van der Waals surface area contributed by atoms with Crippen molar-refractivity contribution >= 4 is 21.4 Å². The van der Waals surface area contributed by atoms with Crippen LogP contribution in [0.3, 0.4) is 0 Å². The smallest absolute Gasteiger partial charge is 0.0897 e.